The highest BCUT2D eigenvalue weighted by Gasteiger charge is 2.14. The smallest absolute Gasteiger partial charge is 0.306 e. The number of carboxylic acids is 1. The van der Waals surface area contributed by atoms with E-state index < -0.39 is 30.0 Å². The zero-order chi connectivity index (χ0) is 17.7. The van der Waals surface area contributed by atoms with Gasteiger partial charge in [-0.2, -0.15) is 0 Å². The fraction of sp³-hybridized carbons (Fsp3) is 0.714. The molecule has 0 aromatic heterocycles. The summed E-state index contributed by atoms with van der Waals surface area (Å²) in [5.74, 6) is -2.94. The molecule has 0 radical (unpaired) electrons. The first-order valence-corrected chi connectivity index (χ1v) is 7.06. The van der Waals surface area contributed by atoms with Gasteiger partial charge in [0.15, 0.2) is 0 Å². The molecule has 9 heteroatoms. The van der Waals surface area contributed by atoms with Gasteiger partial charge in [-0.15, -0.1) is 0 Å². The van der Waals surface area contributed by atoms with Crippen LogP contribution in [0.25, 0.3) is 0 Å². The second-order valence-corrected chi connectivity index (χ2v) is 4.59. The number of esters is 3. The normalized spacial score (nSPS) is 11.4. The van der Waals surface area contributed by atoms with Crippen LogP contribution >= 0.6 is 0 Å². The molecule has 0 amide bonds. The van der Waals surface area contributed by atoms with Crippen LogP contribution in [0.15, 0.2) is 0 Å². The highest BCUT2D eigenvalue weighted by molar-refractivity contribution is 5.78. The Bertz CT molecular complexity index is 405. The van der Waals surface area contributed by atoms with Crippen LogP contribution in [-0.2, 0) is 38.1 Å². The van der Waals surface area contributed by atoms with E-state index in [-0.39, 0.29) is 45.5 Å². The van der Waals surface area contributed by atoms with E-state index in [4.69, 9.17) is 24.1 Å². The summed E-state index contributed by atoms with van der Waals surface area (Å²) in [7, 11) is 1.47. The minimum absolute atomic E-state index is 0.117. The molecule has 0 saturated heterocycles. The van der Waals surface area contributed by atoms with Crippen molar-refractivity contribution in [3.8, 4) is 0 Å². The Balaban J connectivity index is 3.78. The maximum Gasteiger partial charge on any atom is 0.306 e. The Kier molecular flexibility index (Phi) is 11.2. The molecule has 0 aromatic rings. The van der Waals surface area contributed by atoms with Crippen molar-refractivity contribution in [2.24, 2.45) is 0 Å². The van der Waals surface area contributed by atoms with Gasteiger partial charge in [-0.25, -0.2) is 0 Å². The Morgan fingerprint density at radius 1 is 0.870 bits per heavy atom. The van der Waals surface area contributed by atoms with Crippen LogP contribution in [0.5, 0.6) is 0 Å². The summed E-state index contributed by atoms with van der Waals surface area (Å²) in [6, 6.07) is 0. The van der Waals surface area contributed by atoms with Gasteiger partial charge in [-0.3, -0.25) is 19.2 Å². The number of hydrogen-bond acceptors (Lipinski definition) is 8. The van der Waals surface area contributed by atoms with Crippen LogP contribution in [0.4, 0.5) is 0 Å². The second-order valence-electron chi connectivity index (χ2n) is 4.59. The standard InChI is InChI=1S/C14H22O9/c1-10(9-22-13(18)4-3-11(15)16)23-14(19)6-5-12(17)21-8-7-20-2/h10H,3-9H2,1-2H3,(H,15,16). The van der Waals surface area contributed by atoms with E-state index in [1.54, 1.807) is 0 Å². The lowest BCUT2D eigenvalue weighted by Crippen LogP contribution is -2.23. The van der Waals surface area contributed by atoms with Crippen LogP contribution in [0.2, 0.25) is 0 Å². The molecule has 23 heavy (non-hydrogen) atoms. The first-order chi connectivity index (χ1) is 10.8. The largest absolute Gasteiger partial charge is 0.481 e. The molecular weight excluding hydrogens is 312 g/mol. The van der Waals surface area contributed by atoms with Crippen molar-refractivity contribution < 1.29 is 43.2 Å². The first kappa shape index (κ1) is 20.8. The minimum Gasteiger partial charge on any atom is -0.481 e. The van der Waals surface area contributed by atoms with E-state index in [2.05, 4.69) is 0 Å². The number of carbonyl (C=O) groups excluding carboxylic acids is 3. The van der Waals surface area contributed by atoms with Crippen LogP contribution in [-0.4, -0.2) is 62.0 Å². The van der Waals surface area contributed by atoms with Gasteiger partial charge in [0.25, 0.3) is 0 Å². The SMILES string of the molecule is COCCOC(=O)CCC(=O)OC(C)COC(=O)CCC(=O)O. The summed E-state index contributed by atoms with van der Waals surface area (Å²) >= 11 is 0. The molecule has 1 N–H and O–H groups in total. The van der Waals surface area contributed by atoms with Crippen LogP contribution in [0.1, 0.15) is 32.6 Å². The summed E-state index contributed by atoms with van der Waals surface area (Å²) in [5.41, 5.74) is 0. The lowest BCUT2D eigenvalue weighted by atomic mass is 10.3. The number of ether oxygens (including phenoxy) is 4. The number of rotatable bonds is 12. The van der Waals surface area contributed by atoms with E-state index in [9.17, 15) is 19.2 Å². The molecule has 0 rings (SSSR count). The Hall–Kier alpha value is -2.16. The van der Waals surface area contributed by atoms with Gasteiger partial charge in [0.2, 0.25) is 0 Å². The molecule has 1 atom stereocenters. The Morgan fingerprint density at radius 3 is 2.04 bits per heavy atom. The monoisotopic (exact) mass is 334 g/mol. The van der Waals surface area contributed by atoms with E-state index in [1.165, 1.54) is 14.0 Å². The van der Waals surface area contributed by atoms with E-state index in [1.807, 2.05) is 0 Å². The van der Waals surface area contributed by atoms with Gasteiger partial charge in [0.1, 0.15) is 19.3 Å². The molecule has 0 heterocycles. The van der Waals surface area contributed by atoms with E-state index in [0.29, 0.717) is 0 Å². The van der Waals surface area contributed by atoms with Crippen molar-refractivity contribution >= 4 is 23.9 Å². The van der Waals surface area contributed by atoms with Crippen LogP contribution < -0.4 is 0 Å². The van der Waals surface area contributed by atoms with Crippen LogP contribution in [0.3, 0.4) is 0 Å². The topological polar surface area (TPSA) is 125 Å². The summed E-state index contributed by atoms with van der Waals surface area (Å²) in [6.07, 6.45) is -1.53. The number of methoxy groups -OCH3 is 1. The number of carbonyl (C=O) groups is 4. The van der Waals surface area contributed by atoms with Crippen molar-refractivity contribution in [1.29, 1.82) is 0 Å². The van der Waals surface area contributed by atoms with Gasteiger partial charge < -0.3 is 24.1 Å². The molecule has 0 aliphatic rings. The van der Waals surface area contributed by atoms with Gasteiger partial charge in [-0.1, -0.05) is 0 Å². The minimum atomic E-state index is -1.10. The van der Waals surface area contributed by atoms with Crippen molar-refractivity contribution in [1.82, 2.24) is 0 Å². The fourth-order valence-electron chi connectivity index (χ4n) is 1.32. The molecule has 0 bridgehead atoms. The molecule has 0 aliphatic heterocycles. The maximum absolute atomic E-state index is 11.5. The van der Waals surface area contributed by atoms with Gasteiger partial charge >= 0.3 is 23.9 Å². The number of hydrogen-bond donors (Lipinski definition) is 1. The molecule has 1 unspecified atom stereocenters. The third-order valence-corrected chi connectivity index (χ3v) is 2.44. The van der Waals surface area contributed by atoms with Crippen molar-refractivity contribution in [3.05, 3.63) is 0 Å². The number of carboxylic acid groups (broad SMARTS) is 1. The molecule has 9 nitrogen and oxygen atoms in total. The van der Waals surface area contributed by atoms with Crippen molar-refractivity contribution in [3.63, 3.8) is 0 Å². The molecule has 0 fully saturated rings. The summed E-state index contributed by atoms with van der Waals surface area (Å²) < 4.78 is 19.2. The van der Waals surface area contributed by atoms with Crippen molar-refractivity contribution in [2.75, 3.05) is 26.9 Å². The van der Waals surface area contributed by atoms with Gasteiger partial charge in [0, 0.05) is 7.11 Å². The number of aliphatic carboxylic acids is 1. The van der Waals surface area contributed by atoms with Gasteiger partial charge in [-0.05, 0) is 6.92 Å². The predicted octanol–water partition coefficient (Wildman–Crippen LogP) is 0.296. The molecule has 0 saturated carbocycles. The lowest BCUT2D eigenvalue weighted by molar-refractivity contribution is -0.160. The second kappa shape index (κ2) is 12.4. The molecular formula is C14H22O9. The van der Waals surface area contributed by atoms with Crippen LogP contribution in [0, 0.1) is 0 Å². The highest BCUT2D eigenvalue weighted by Crippen LogP contribution is 2.02. The quantitative estimate of drug-likeness (QED) is 0.304. The predicted molar refractivity (Wildman–Crippen MR) is 75.5 cm³/mol. The lowest BCUT2D eigenvalue weighted by Gasteiger charge is -2.13. The summed E-state index contributed by atoms with van der Waals surface area (Å²) in [5, 5.41) is 8.41. The highest BCUT2D eigenvalue weighted by atomic mass is 16.6. The van der Waals surface area contributed by atoms with Crippen molar-refractivity contribution in [2.45, 2.75) is 38.7 Å². The molecule has 0 aliphatic carbocycles. The zero-order valence-electron chi connectivity index (χ0n) is 13.2. The Labute approximate surface area is 133 Å². The average Bonchev–Trinajstić information content (AvgIpc) is 2.49. The first-order valence-electron chi connectivity index (χ1n) is 7.06. The van der Waals surface area contributed by atoms with E-state index >= 15 is 0 Å². The van der Waals surface area contributed by atoms with Gasteiger partial charge in [0.05, 0.1) is 32.3 Å². The average molecular weight is 334 g/mol. The Morgan fingerprint density at radius 2 is 1.43 bits per heavy atom. The third kappa shape index (κ3) is 13.2. The molecule has 132 valence electrons. The third-order valence-electron chi connectivity index (χ3n) is 2.44. The zero-order valence-corrected chi connectivity index (χ0v) is 13.2. The molecule has 0 spiro atoms. The summed E-state index contributed by atoms with van der Waals surface area (Å²) in [6.45, 7) is 1.73. The summed E-state index contributed by atoms with van der Waals surface area (Å²) in [4.78, 5) is 44.2. The van der Waals surface area contributed by atoms with E-state index in [0.717, 1.165) is 0 Å². The fourth-order valence-corrected chi connectivity index (χ4v) is 1.32. The maximum atomic E-state index is 11.5. The molecule has 0 aromatic carbocycles.